The van der Waals surface area contributed by atoms with Crippen molar-refractivity contribution in [2.45, 2.75) is 44.7 Å². The average Bonchev–Trinajstić information content (AvgIpc) is 2.78. The maximum atomic E-state index is 13.0. The highest BCUT2D eigenvalue weighted by Gasteiger charge is 2.53. The molecule has 4 rings (SSSR count). The van der Waals surface area contributed by atoms with Crippen LogP contribution in [0.15, 0.2) is 59.5 Å². The maximum absolute atomic E-state index is 13.0. The molecule has 0 radical (unpaired) electrons. The number of nitrogens with zero attached hydrogens (tertiary/aromatic N) is 2. The van der Waals surface area contributed by atoms with Gasteiger partial charge in [0.15, 0.2) is 0 Å². The number of benzene rings is 2. The molecule has 0 saturated carbocycles. The molecule has 3 N–H and O–H groups in total. The molecule has 0 aliphatic carbocycles. The number of sulfonamides is 1. The Bertz CT molecular complexity index is 1420. The first-order valence-electron chi connectivity index (χ1n) is 11.5. The third-order valence-electron chi connectivity index (χ3n) is 6.11. The summed E-state index contributed by atoms with van der Waals surface area (Å²) in [5.41, 5.74) is 6.06. The quantitative estimate of drug-likeness (QED) is 0.502. The number of nitrogens with two attached hydrogens (primary N) is 1. The van der Waals surface area contributed by atoms with E-state index >= 15 is 0 Å². The largest absolute Gasteiger partial charge is 0.489 e. The van der Waals surface area contributed by atoms with Gasteiger partial charge in [0, 0.05) is 22.1 Å². The first-order chi connectivity index (χ1) is 16.8. The van der Waals surface area contributed by atoms with Gasteiger partial charge in [-0.1, -0.05) is 39.0 Å². The lowest BCUT2D eigenvalue weighted by Gasteiger charge is -2.49. The normalized spacial score (nSPS) is 15.4. The number of amides is 2. The molecule has 1 fully saturated rings. The highest BCUT2D eigenvalue weighted by molar-refractivity contribution is 7.89. The zero-order valence-electron chi connectivity index (χ0n) is 20.7. The molecule has 1 saturated heterocycles. The number of likely N-dealkylation sites (tertiary alicyclic amines) is 1. The van der Waals surface area contributed by atoms with E-state index in [1.54, 1.807) is 32.9 Å². The second-order valence-electron chi connectivity index (χ2n) is 10.2. The molecule has 36 heavy (non-hydrogen) atoms. The Balaban J connectivity index is 1.45. The predicted molar refractivity (Wildman–Crippen MR) is 136 cm³/mol. The van der Waals surface area contributed by atoms with Crippen LogP contribution >= 0.6 is 0 Å². The van der Waals surface area contributed by atoms with Crippen molar-refractivity contribution in [3.8, 4) is 5.75 Å². The fourth-order valence-electron chi connectivity index (χ4n) is 4.20. The van der Waals surface area contributed by atoms with Crippen LogP contribution in [0.3, 0.4) is 0 Å². The van der Waals surface area contributed by atoms with Gasteiger partial charge in [-0.15, -0.1) is 0 Å². The van der Waals surface area contributed by atoms with Crippen molar-refractivity contribution < 1.29 is 22.7 Å². The molecule has 2 amide bonds. The summed E-state index contributed by atoms with van der Waals surface area (Å²) >= 11 is 0. The molecule has 1 aliphatic rings. The zero-order valence-corrected chi connectivity index (χ0v) is 21.6. The Hall–Kier alpha value is -3.50. The number of ether oxygens (including phenoxy) is 1. The van der Waals surface area contributed by atoms with E-state index in [9.17, 15) is 18.0 Å². The molecule has 190 valence electrons. The van der Waals surface area contributed by atoms with Gasteiger partial charge in [-0.2, -0.15) is 4.72 Å². The van der Waals surface area contributed by atoms with Gasteiger partial charge in [0.2, 0.25) is 21.8 Å². The number of aryl methyl sites for hydroxylation is 1. The van der Waals surface area contributed by atoms with Crippen molar-refractivity contribution in [2.75, 3.05) is 13.1 Å². The van der Waals surface area contributed by atoms with E-state index in [0.717, 1.165) is 22.2 Å². The topological polar surface area (TPSA) is 132 Å². The number of para-hydroxylation sites is 1. The number of nitrogens with one attached hydrogen (secondary N) is 1. The van der Waals surface area contributed by atoms with E-state index in [0.29, 0.717) is 5.75 Å². The first kappa shape index (κ1) is 25.6. The molecule has 1 aliphatic heterocycles. The molecule has 10 heteroatoms. The number of rotatable bonds is 7. The number of carbonyl (C=O) groups is 2. The molecule has 0 spiro atoms. The maximum Gasteiger partial charge on any atom is 0.242 e. The van der Waals surface area contributed by atoms with E-state index in [4.69, 9.17) is 10.5 Å². The summed E-state index contributed by atoms with van der Waals surface area (Å²) in [6.07, 6.45) is 0. The molecule has 9 nitrogen and oxygen atoms in total. The van der Waals surface area contributed by atoms with Crippen molar-refractivity contribution >= 4 is 32.7 Å². The molecule has 3 aromatic rings. The van der Waals surface area contributed by atoms with E-state index in [1.807, 2.05) is 37.3 Å². The Kier molecular flexibility index (Phi) is 6.52. The number of hydrogen-bond acceptors (Lipinski definition) is 6. The summed E-state index contributed by atoms with van der Waals surface area (Å²) in [4.78, 5) is 30.5. The van der Waals surface area contributed by atoms with E-state index in [1.165, 1.54) is 17.0 Å². The molecule has 1 aromatic heterocycles. The number of primary amides is 1. The minimum Gasteiger partial charge on any atom is -0.489 e. The van der Waals surface area contributed by atoms with Crippen LogP contribution in [0, 0.1) is 12.3 Å². The molecular weight excluding hydrogens is 480 g/mol. The second-order valence-corrected chi connectivity index (χ2v) is 11.8. The van der Waals surface area contributed by atoms with Gasteiger partial charge < -0.3 is 15.4 Å². The van der Waals surface area contributed by atoms with Gasteiger partial charge in [0.25, 0.3) is 0 Å². The Morgan fingerprint density at radius 3 is 2.36 bits per heavy atom. The van der Waals surface area contributed by atoms with Crippen molar-refractivity contribution in [2.24, 2.45) is 11.1 Å². The second kappa shape index (κ2) is 9.18. The van der Waals surface area contributed by atoms with Crippen LogP contribution in [-0.2, 0) is 26.2 Å². The molecule has 0 unspecified atom stereocenters. The van der Waals surface area contributed by atoms with E-state index in [2.05, 4.69) is 9.71 Å². The fourth-order valence-corrected chi connectivity index (χ4v) is 5.56. The summed E-state index contributed by atoms with van der Waals surface area (Å²) in [6, 6.07) is 15.7. The summed E-state index contributed by atoms with van der Waals surface area (Å²) in [7, 11) is -4.08. The lowest BCUT2D eigenvalue weighted by atomic mass is 9.85. The summed E-state index contributed by atoms with van der Waals surface area (Å²) in [6.45, 7) is 7.25. The highest BCUT2D eigenvalue weighted by atomic mass is 32.2. The monoisotopic (exact) mass is 510 g/mol. The Morgan fingerprint density at radius 2 is 1.75 bits per heavy atom. The first-order valence-corrected chi connectivity index (χ1v) is 13.0. The average molecular weight is 511 g/mol. The fraction of sp³-hybridized carbons (Fsp3) is 0.346. The standard InChI is InChI=1S/C26H30N4O5S/c1-17-13-18(21-7-5-6-8-22(21)28-17)14-35-19-9-11-20(12-10-19)36(33,34)29-26(23(27)31)15-30(16-26)24(32)25(2,3)4/h5-13,29H,14-16H2,1-4H3,(H2,27,31). The van der Waals surface area contributed by atoms with Crippen LogP contribution in [0.4, 0.5) is 0 Å². The van der Waals surface area contributed by atoms with E-state index < -0.39 is 26.9 Å². The smallest absolute Gasteiger partial charge is 0.242 e. The Labute approximate surface area is 210 Å². The Morgan fingerprint density at radius 1 is 1.11 bits per heavy atom. The van der Waals surface area contributed by atoms with Crippen LogP contribution in [0.5, 0.6) is 5.75 Å². The summed E-state index contributed by atoms with van der Waals surface area (Å²) in [5, 5.41) is 0.989. The van der Waals surface area contributed by atoms with Crippen molar-refractivity contribution in [1.82, 2.24) is 14.6 Å². The number of fused-ring (bicyclic) bond motifs is 1. The van der Waals surface area contributed by atoms with Crippen LogP contribution < -0.4 is 15.2 Å². The third-order valence-corrected chi connectivity index (χ3v) is 7.66. The van der Waals surface area contributed by atoms with Gasteiger partial charge in [-0.3, -0.25) is 14.6 Å². The third kappa shape index (κ3) is 5.05. The number of aromatic nitrogens is 1. The minimum atomic E-state index is -4.08. The van der Waals surface area contributed by atoms with Gasteiger partial charge in [-0.25, -0.2) is 8.42 Å². The van der Waals surface area contributed by atoms with Gasteiger partial charge in [-0.05, 0) is 43.3 Å². The number of pyridine rings is 1. The summed E-state index contributed by atoms with van der Waals surface area (Å²) < 4.78 is 34.4. The molecule has 0 bridgehead atoms. The van der Waals surface area contributed by atoms with Crippen molar-refractivity contribution in [3.63, 3.8) is 0 Å². The van der Waals surface area contributed by atoms with Crippen LogP contribution in [0.25, 0.3) is 10.9 Å². The zero-order chi connectivity index (χ0) is 26.3. The van der Waals surface area contributed by atoms with Crippen LogP contribution in [-0.4, -0.2) is 48.7 Å². The van der Waals surface area contributed by atoms with Crippen molar-refractivity contribution in [3.05, 3.63) is 65.9 Å². The number of carbonyl (C=O) groups excluding carboxylic acids is 2. The van der Waals surface area contributed by atoms with E-state index in [-0.39, 0.29) is 30.5 Å². The van der Waals surface area contributed by atoms with Gasteiger partial charge in [0.05, 0.1) is 23.5 Å². The van der Waals surface area contributed by atoms with Crippen molar-refractivity contribution in [1.29, 1.82) is 0 Å². The lowest BCUT2D eigenvalue weighted by Crippen LogP contribution is -2.77. The molecule has 2 aromatic carbocycles. The highest BCUT2D eigenvalue weighted by Crippen LogP contribution is 2.29. The number of hydrogen-bond donors (Lipinski definition) is 2. The minimum absolute atomic E-state index is 0.0405. The van der Waals surface area contributed by atoms with Gasteiger partial charge >= 0.3 is 0 Å². The van der Waals surface area contributed by atoms with Crippen LogP contribution in [0.1, 0.15) is 32.0 Å². The van der Waals surface area contributed by atoms with Gasteiger partial charge in [0.1, 0.15) is 17.9 Å². The molecule has 0 atom stereocenters. The molecule has 2 heterocycles. The SMILES string of the molecule is Cc1cc(COc2ccc(S(=O)(=O)NC3(C(N)=O)CN(C(=O)C(C)(C)C)C3)cc2)c2ccccc2n1. The lowest BCUT2D eigenvalue weighted by molar-refractivity contribution is -0.151. The summed E-state index contributed by atoms with van der Waals surface area (Å²) in [5.74, 6) is -0.524. The van der Waals surface area contributed by atoms with Crippen LogP contribution in [0.2, 0.25) is 0 Å². The molecular formula is C26H30N4O5S. The predicted octanol–water partition coefficient (Wildman–Crippen LogP) is 2.51.